The molecule has 0 bridgehead atoms. The largest absolute Gasteiger partial charge is 0.492 e. The summed E-state index contributed by atoms with van der Waals surface area (Å²) in [6.07, 6.45) is 0.434. The monoisotopic (exact) mass is 372 g/mol. The fourth-order valence-corrected chi connectivity index (χ4v) is 2.31. The van der Waals surface area contributed by atoms with Gasteiger partial charge in [-0.15, -0.1) is 0 Å². The number of rotatable bonds is 6. The van der Waals surface area contributed by atoms with Crippen LogP contribution in [0.15, 0.2) is 46.9 Å². The Balaban J connectivity index is 1.95. The lowest BCUT2D eigenvalue weighted by atomic mass is 10.1. The lowest BCUT2D eigenvalue weighted by molar-refractivity contribution is 0.263. The normalized spacial score (nSPS) is 12.2. The molecule has 3 nitrogen and oxygen atoms in total. The van der Waals surface area contributed by atoms with E-state index in [1.165, 1.54) is 6.07 Å². The Kier molecular flexibility index (Phi) is 5.99. The second-order valence-electron chi connectivity index (χ2n) is 4.57. The van der Waals surface area contributed by atoms with Crippen molar-refractivity contribution in [3.63, 3.8) is 0 Å². The minimum Gasteiger partial charge on any atom is -0.492 e. The second-order valence-corrected chi connectivity index (χ2v) is 5.92. The van der Waals surface area contributed by atoms with Gasteiger partial charge < -0.3 is 4.74 Å². The minimum atomic E-state index is -0.267. The maximum absolute atomic E-state index is 13.8. The van der Waals surface area contributed by atoms with Gasteiger partial charge in [0.15, 0.2) is 0 Å². The van der Waals surface area contributed by atoms with Gasteiger partial charge >= 0.3 is 0 Å². The van der Waals surface area contributed by atoms with Crippen LogP contribution in [0.5, 0.6) is 5.75 Å². The molecule has 3 N–H and O–H groups in total. The first kappa shape index (κ1) is 16.2. The molecule has 0 aliphatic heterocycles. The lowest BCUT2D eigenvalue weighted by Gasteiger charge is -2.17. The van der Waals surface area contributed by atoms with Crippen molar-refractivity contribution >= 4 is 27.5 Å². The highest BCUT2D eigenvalue weighted by atomic mass is 79.9. The van der Waals surface area contributed by atoms with E-state index in [0.717, 1.165) is 0 Å². The van der Waals surface area contributed by atoms with Crippen LogP contribution in [0, 0.1) is 5.82 Å². The van der Waals surface area contributed by atoms with Crippen LogP contribution >= 0.6 is 27.5 Å². The van der Waals surface area contributed by atoms with Gasteiger partial charge in [-0.05, 0) is 48.4 Å². The summed E-state index contributed by atoms with van der Waals surface area (Å²) in [5.74, 6) is 5.93. The Bertz CT molecular complexity index is 595. The second kappa shape index (κ2) is 7.75. The molecule has 1 unspecified atom stereocenters. The molecule has 0 saturated carbocycles. The summed E-state index contributed by atoms with van der Waals surface area (Å²) < 4.78 is 20.1. The van der Waals surface area contributed by atoms with Crippen LogP contribution in [0.2, 0.25) is 5.02 Å². The van der Waals surface area contributed by atoms with Crippen LogP contribution in [-0.2, 0) is 6.42 Å². The third-order valence-corrected chi connectivity index (χ3v) is 3.73. The molecule has 2 rings (SSSR count). The summed E-state index contributed by atoms with van der Waals surface area (Å²) in [4.78, 5) is 0. The number of nitrogens with one attached hydrogen (secondary N) is 1. The van der Waals surface area contributed by atoms with Crippen LogP contribution in [0.1, 0.15) is 5.56 Å². The van der Waals surface area contributed by atoms with Gasteiger partial charge in [-0.3, -0.25) is 11.3 Å². The summed E-state index contributed by atoms with van der Waals surface area (Å²) in [7, 11) is 0. The molecule has 0 radical (unpaired) electrons. The average molecular weight is 374 g/mol. The molecule has 21 heavy (non-hydrogen) atoms. The van der Waals surface area contributed by atoms with E-state index in [-0.39, 0.29) is 11.9 Å². The van der Waals surface area contributed by atoms with Gasteiger partial charge in [0.25, 0.3) is 0 Å². The smallest absolute Gasteiger partial charge is 0.127 e. The molecule has 1 atom stereocenters. The highest BCUT2D eigenvalue weighted by Gasteiger charge is 2.12. The molecule has 0 amide bonds. The number of nitrogens with two attached hydrogens (primary N) is 1. The van der Waals surface area contributed by atoms with E-state index in [1.54, 1.807) is 36.4 Å². The molecule has 6 heteroatoms. The third kappa shape index (κ3) is 4.97. The van der Waals surface area contributed by atoms with Crippen molar-refractivity contribution in [1.29, 1.82) is 0 Å². The minimum absolute atomic E-state index is 0.198. The molecule has 0 saturated heterocycles. The summed E-state index contributed by atoms with van der Waals surface area (Å²) in [6.45, 7) is 0.327. The van der Waals surface area contributed by atoms with Crippen LogP contribution in [0.3, 0.4) is 0 Å². The van der Waals surface area contributed by atoms with Crippen molar-refractivity contribution in [2.75, 3.05) is 6.61 Å². The molecule has 0 aliphatic rings. The fourth-order valence-electron chi connectivity index (χ4n) is 1.85. The summed E-state index contributed by atoms with van der Waals surface area (Å²) in [5.41, 5.74) is 3.23. The molecule has 0 aliphatic carbocycles. The number of hydrogen-bond donors (Lipinski definition) is 2. The number of benzene rings is 2. The predicted molar refractivity (Wildman–Crippen MR) is 85.9 cm³/mol. The maximum atomic E-state index is 13.8. The Labute approximate surface area is 136 Å². The number of halogens is 3. The summed E-state index contributed by atoms with van der Waals surface area (Å²) in [6, 6.07) is 11.8. The molecular formula is C15H15BrClFN2O. The average Bonchev–Trinajstić information content (AvgIpc) is 2.47. The molecule has 0 spiro atoms. The van der Waals surface area contributed by atoms with E-state index in [9.17, 15) is 4.39 Å². The van der Waals surface area contributed by atoms with E-state index < -0.39 is 0 Å². The summed E-state index contributed by atoms with van der Waals surface area (Å²) in [5, 5.41) is 0.646. The van der Waals surface area contributed by atoms with Crippen molar-refractivity contribution in [3.8, 4) is 5.75 Å². The van der Waals surface area contributed by atoms with Crippen molar-refractivity contribution in [1.82, 2.24) is 5.43 Å². The summed E-state index contributed by atoms with van der Waals surface area (Å²) >= 11 is 9.04. The van der Waals surface area contributed by atoms with Gasteiger partial charge in [-0.2, -0.15) is 0 Å². The van der Waals surface area contributed by atoms with E-state index in [4.69, 9.17) is 22.2 Å². The fraction of sp³-hybridized carbons (Fsp3) is 0.200. The first-order valence-electron chi connectivity index (χ1n) is 6.37. The standard InChI is InChI=1S/C15H15BrClFN2O/c16-11-2-1-10(15(18)8-11)7-13(20-19)9-21-14-5-3-12(17)4-6-14/h1-6,8,13,20H,7,9,19H2. The van der Waals surface area contributed by atoms with Crippen molar-refractivity contribution in [2.24, 2.45) is 5.84 Å². The topological polar surface area (TPSA) is 47.3 Å². The van der Waals surface area contributed by atoms with Crippen LogP contribution in [0.25, 0.3) is 0 Å². The highest BCUT2D eigenvalue weighted by Crippen LogP contribution is 2.18. The van der Waals surface area contributed by atoms with Crippen LogP contribution < -0.4 is 16.0 Å². The molecule has 2 aromatic rings. The van der Waals surface area contributed by atoms with E-state index in [2.05, 4.69) is 21.4 Å². The Morgan fingerprint density at radius 1 is 1.24 bits per heavy atom. The lowest BCUT2D eigenvalue weighted by Crippen LogP contribution is -2.41. The molecule has 0 heterocycles. The van der Waals surface area contributed by atoms with Gasteiger partial charge in [-0.1, -0.05) is 33.6 Å². The molecule has 0 fully saturated rings. The van der Waals surface area contributed by atoms with Crippen LogP contribution in [-0.4, -0.2) is 12.6 Å². The van der Waals surface area contributed by atoms with Gasteiger partial charge in [0, 0.05) is 9.50 Å². The zero-order valence-electron chi connectivity index (χ0n) is 11.2. The predicted octanol–water partition coefficient (Wildman–Crippen LogP) is 3.70. The van der Waals surface area contributed by atoms with Gasteiger partial charge in [0.2, 0.25) is 0 Å². The SMILES string of the molecule is NNC(COc1ccc(Cl)cc1)Cc1ccc(Br)cc1F. The molecule has 2 aromatic carbocycles. The Morgan fingerprint density at radius 3 is 2.57 bits per heavy atom. The highest BCUT2D eigenvalue weighted by molar-refractivity contribution is 9.10. The quantitative estimate of drug-likeness (QED) is 0.599. The molecule has 112 valence electrons. The van der Waals surface area contributed by atoms with E-state index >= 15 is 0 Å². The van der Waals surface area contributed by atoms with E-state index in [1.807, 2.05) is 0 Å². The first-order chi connectivity index (χ1) is 10.1. The number of ether oxygens (including phenoxy) is 1. The zero-order chi connectivity index (χ0) is 15.2. The van der Waals surface area contributed by atoms with E-state index in [0.29, 0.717) is 33.8 Å². The zero-order valence-corrected chi connectivity index (χ0v) is 13.5. The number of hydrogen-bond acceptors (Lipinski definition) is 3. The Hall–Kier alpha value is -1.14. The van der Waals surface area contributed by atoms with Gasteiger partial charge in [-0.25, -0.2) is 4.39 Å². The number of hydrazine groups is 1. The van der Waals surface area contributed by atoms with Crippen molar-refractivity contribution in [3.05, 3.63) is 63.3 Å². The Morgan fingerprint density at radius 2 is 1.95 bits per heavy atom. The van der Waals surface area contributed by atoms with Crippen LogP contribution in [0.4, 0.5) is 4.39 Å². The van der Waals surface area contributed by atoms with Crippen molar-refractivity contribution in [2.45, 2.75) is 12.5 Å². The maximum Gasteiger partial charge on any atom is 0.127 e. The third-order valence-electron chi connectivity index (χ3n) is 2.98. The van der Waals surface area contributed by atoms with Crippen molar-refractivity contribution < 1.29 is 9.13 Å². The molecule has 0 aromatic heterocycles. The first-order valence-corrected chi connectivity index (χ1v) is 7.54. The molecular weight excluding hydrogens is 359 g/mol. The van der Waals surface area contributed by atoms with Gasteiger partial charge in [0.05, 0.1) is 6.04 Å². The van der Waals surface area contributed by atoms with Gasteiger partial charge in [0.1, 0.15) is 18.2 Å².